The molecule has 1 aromatic carbocycles. The second kappa shape index (κ2) is 4.34. The van der Waals surface area contributed by atoms with Gasteiger partial charge in [0.1, 0.15) is 18.2 Å². The minimum atomic E-state index is -4.48. The number of rotatable bonds is 2. The number of hydrogen-bond acceptors (Lipinski definition) is 1. The van der Waals surface area contributed by atoms with Gasteiger partial charge in [-0.1, -0.05) is 0 Å². The van der Waals surface area contributed by atoms with E-state index in [1.165, 1.54) is 0 Å². The SMILES string of the molecule is Fc1cc(NCC(F)(F)F)c(F)cc1Br. The van der Waals surface area contributed by atoms with Crippen LogP contribution in [-0.4, -0.2) is 12.7 Å². The van der Waals surface area contributed by atoms with Crippen molar-refractivity contribution in [3.8, 4) is 0 Å². The Bertz CT molecular complexity index is 363. The van der Waals surface area contributed by atoms with Gasteiger partial charge in [0.2, 0.25) is 0 Å². The van der Waals surface area contributed by atoms with Gasteiger partial charge in [-0.25, -0.2) is 8.78 Å². The molecule has 0 saturated heterocycles. The van der Waals surface area contributed by atoms with E-state index in [2.05, 4.69) is 15.9 Å². The van der Waals surface area contributed by atoms with Gasteiger partial charge in [-0.05, 0) is 22.0 Å². The van der Waals surface area contributed by atoms with Crippen molar-refractivity contribution in [3.63, 3.8) is 0 Å². The van der Waals surface area contributed by atoms with Crippen LogP contribution < -0.4 is 5.32 Å². The van der Waals surface area contributed by atoms with Gasteiger partial charge in [-0.2, -0.15) is 13.2 Å². The van der Waals surface area contributed by atoms with Crippen molar-refractivity contribution in [2.45, 2.75) is 6.18 Å². The number of hydrogen-bond donors (Lipinski definition) is 1. The monoisotopic (exact) mass is 289 g/mol. The molecule has 0 fully saturated rings. The molecule has 0 amide bonds. The molecule has 15 heavy (non-hydrogen) atoms. The van der Waals surface area contributed by atoms with Crippen LogP contribution in [0.15, 0.2) is 16.6 Å². The molecule has 0 aliphatic rings. The molecule has 1 aromatic rings. The first-order chi connectivity index (χ1) is 6.79. The molecule has 1 rings (SSSR count). The smallest absolute Gasteiger partial charge is 0.374 e. The molecule has 0 aliphatic carbocycles. The van der Waals surface area contributed by atoms with Crippen LogP contribution in [0.3, 0.4) is 0 Å². The molecular formula is C8H5BrF5N. The van der Waals surface area contributed by atoms with Gasteiger partial charge in [0.15, 0.2) is 0 Å². The topological polar surface area (TPSA) is 12.0 Å². The quantitative estimate of drug-likeness (QED) is 0.647. The standard InChI is InChI=1S/C8H5BrF5N/c9-4-1-6(11)7(2-5(4)10)15-3-8(12,13)14/h1-2,15H,3H2. The van der Waals surface area contributed by atoms with Crippen molar-refractivity contribution < 1.29 is 22.0 Å². The summed E-state index contributed by atoms with van der Waals surface area (Å²) in [6, 6.07) is 1.42. The Morgan fingerprint density at radius 3 is 2.27 bits per heavy atom. The fraction of sp³-hybridized carbons (Fsp3) is 0.250. The van der Waals surface area contributed by atoms with E-state index in [4.69, 9.17) is 0 Å². The Kier molecular flexibility index (Phi) is 3.54. The Morgan fingerprint density at radius 2 is 1.73 bits per heavy atom. The van der Waals surface area contributed by atoms with Crippen molar-refractivity contribution in [3.05, 3.63) is 28.2 Å². The van der Waals surface area contributed by atoms with Gasteiger partial charge >= 0.3 is 6.18 Å². The predicted octanol–water partition coefficient (Wildman–Crippen LogP) is 3.70. The molecule has 0 aliphatic heterocycles. The van der Waals surface area contributed by atoms with Gasteiger partial charge in [-0.3, -0.25) is 0 Å². The maximum atomic E-state index is 13.0. The van der Waals surface area contributed by atoms with Crippen LogP contribution in [0.4, 0.5) is 27.6 Å². The maximum absolute atomic E-state index is 13.0. The first kappa shape index (κ1) is 12.2. The van der Waals surface area contributed by atoms with E-state index in [1.54, 1.807) is 5.32 Å². The average Bonchev–Trinajstić information content (AvgIpc) is 2.07. The molecule has 0 bridgehead atoms. The normalized spacial score (nSPS) is 11.6. The maximum Gasteiger partial charge on any atom is 0.405 e. The summed E-state index contributed by atoms with van der Waals surface area (Å²) in [5.41, 5.74) is -0.520. The van der Waals surface area contributed by atoms with Crippen molar-refractivity contribution in [2.24, 2.45) is 0 Å². The summed E-state index contributed by atoms with van der Waals surface area (Å²) in [5, 5.41) is 1.76. The molecule has 0 atom stereocenters. The number of anilines is 1. The minimum absolute atomic E-state index is 0.141. The second-order valence-corrected chi connectivity index (χ2v) is 3.57. The van der Waals surface area contributed by atoms with Crippen LogP contribution >= 0.6 is 15.9 Å². The Hall–Kier alpha value is -0.850. The summed E-state index contributed by atoms with van der Waals surface area (Å²) in [5.74, 6) is -1.78. The first-order valence-electron chi connectivity index (χ1n) is 3.75. The predicted molar refractivity (Wildman–Crippen MR) is 48.6 cm³/mol. The van der Waals surface area contributed by atoms with E-state index in [9.17, 15) is 22.0 Å². The number of alkyl halides is 3. The van der Waals surface area contributed by atoms with E-state index in [-0.39, 0.29) is 4.47 Å². The molecule has 0 unspecified atom stereocenters. The summed E-state index contributed by atoms with van der Waals surface area (Å²) in [6.07, 6.45) is -4.48. The van der Waals surface area contributed by atoms with Gasteiger partial charge in [-0.15, -0.1) is 0 Å². The summed E-state index contributed by atoms with van der Waals surface area (Å²) in [4.78, 5) is 0. The number of benzene rings is 1. The van der Waals surface area contributed by atoms with Crippen LogP contribution in [0, 0.1) is 11.6 Å². The third-order valence-corrected chi connectivity index (χ3v) is 2.10. The third kappa shape index (κ3) is 3.65. The van der Waals surface area contributed by atoms with Crippen LogP contribution in [0.5, 0.6) is 0 Å². The zero-order valence-corrected chi connectivity index (χ0v) is 8.72. The van der Waals surface area contributed by atoms with Gasteiger partial charge in [0, 0.05) is 6.07 Å². The number of nitrogens with one attached hydrogen (secondary N) is 1. The molecule has 84 valence electrons. The lowest BCUT2D eigenvalue weighted by atomic mass is 10.3. The minimum Gasteiger partial charge on any atom is -0.374 e. The molecule has 1 N–H and O–H groups in total. The summed E-state index contributed by atoms with van der Waals surface area (Å²) in [7, 11) is 0. The fourth-order valence-electron chi connectivity index (χ4n) is 0.853. The van der Waals surface area contributed by atoms with E-state index >= 15 is 0 Å². The lowest BCUT2D eigenvalue weighted by molar-refractivity contribution is -0.115. The van der Waals surface area contributed by atoms with Crippen LogP contribution in [-0.2, 0) is 0 Å². The van der Waals surface area contributed by atoms with E-state index in [0.717, 1.165) is 6.07 Å². The van der Waals surface area contributed by atoms with E-state index in [1.807, 2.05) is 0 Å². The molecule has 0 aromatic heterocycles. The average molecular weight is 290 g/mol. The van der Waals surface area contributed by atoms with Crippen LogP contribution in [0.1, 0.15) is 0 Å². The zero-order chi connectivity index (χ0) is 11.6. The Morgan fingerprint density at radius 1 is 1.13 bits per heavy atom. The molecule has 0 spiro atoms. The van der Waals surface area contributed by atoms with Crippen molar-refractivity contribution >= 4 is 21.6 Å². The summed E-state index contributed by atoms with van der Waals surface area (Å²) < 4.78 is 61.0. The second-order valence-electron chi connectivity index (χ2n) is 2.71. The molecule has 7 heteroatoms. The zero-order valence-electron chi connectivity index (χ0n) is 7.13. The Labute approximate surface area is 90.4 Å². The highest BCUT2D eigenvalue weighted by atomic mass is 79.9. The Balaban J connectivity index is 2.82. The van der Waals surface area contributed by atoms with Gasteiger partial charge in [0.05, 0.1) is 10.2 Å². The highest BCUT2D eigenvalue weighted by Crippen LogP contribution is 2.24. The molecular weight excluding hydrogens is 285 g/mol. The number of halogens is 6. The molecule has 0 heterocycles. The summed E-state index contributed by atoms with van der Waals surface area (Å²) in [6.45, 7) is -1.41. The lowest BCUT2D eigenvalue weighted by Gasteiger charge is -2.10. The van der Waals surface area contributed by atoms with Crippen molar-refractivity contribution in [2.75, 3.05) is 11.9 Å². The molecule has 0 radical (unpaired) electrons. The van der Waals surface area contributed by atoms with E-state index < -0.39 is 30.0 Å². The van der Waals surface area contributed by atoms with Crippen LogP contribution in [0.25, 0.3) is 0 Å². The third-order valence-electron chi connectivity index (χ3n) is 1.49. The van der Waals surface area contributed by atoms with E-state index in [0.29, 0.717) is 6.07 Å². The van der Waals surface area contributed by atoms with Crippen LogP contribution in [0.2, 0.25) is 0 Å². The molecule has 1 nitrogen and oxygen atoms in total. The van der Waals surface area contributed by atoms with Crippen molar-refractivity contribution in [1.29, 1.82) is 0 Å². The summed E-state index contributed by atoms with van der Waals surface area (Å²) >= 11 is 2.71. The van der Waals surface area contributed by atoms with Crippen molar-refractivity contribution in [1.82, 2.24) is 0 Å². The van der Waals surface area contributed by atoms with Gasteiger partial charge < -0.3 is 5.32 Å². The lowest BCUT2D eigenvalue weighted by Crippen LogP contribution is -2.21. The van der Waals surface area contributed by atoms with Gasteiger partial charge in [0.25, 0.3) is 0 Å². The first-order valence-corrected chi connectivity index (χ1v) is 4.54. The fourth-order valence-corrected chi connectivity index (χ4v) is 1.17. The highest BCUT2D eigenvalue weighted by molar-refractivity contribution is 9.10. The molecule has 0 saturated carbocycles. The largest absolute Gasteiger partial charge is 0.405 e. The highest BCUT2D eigenvalue weighted by Gasteiger charge is 2.27.